The molecule has 0 saturated carbocycles. The average molecular weight is 307 g/mol. The van der Waals surface area contributed by atoms with Gasteiger partial charge in [0.15, 0.2) is 0 Å². The molecule has 0 aliphatic heterocycles. The highest BCUT2D eigenvalue weighted by Gasteiger charge is 2.02. The number of rotatable bonds is 1. The Hall–Kier alpha value is -0.390. The van der Waals surface area contributed by atoms with Crippen LogP contribution < -0.4 is 11.3 Å². The summed E-state index contributed by atoms with van der Waals surface area (Å²) in [5.41, 5.74) is 3.47. The highest BCUT2D eigenvalue weighted by molar-refractivity contribution is 9.11. The molecule has 0 aliphatic rings. The van der Waals surface area contributed by atoms with E-state index in [-0.39, 0.29) is 0 Å². The summed E-state index contributed by atoms with van der Waals surface area (Å²) in [7, 11) is 1.68. The zero-order chi connectivity index (χ0) is 9.84. The number of halogens is 2. The Bertz CT molecular complexity index is 316. The van der Waals surface area contributed by atoms with Gasteiger partial charge in [-0.1, -0.05) is 31.9 Å². The first-order valence-corrected chi connectivity index (χ1v) is 5.16. The first-order chi connectivity index (χ1) is 6.17. The van der Waals surface area contributed by atoms with Gasteiger partial charge >= 0.3 is 0 Å². The van der Waals surface area contributed by atoms with Crippen LogP contribution in [0.1, 0.15) is 5.56 Å². The maximum Gasteiger partial charge on any atom is 0.142 e. The van der Waals surface area contributed by atoms with Crippen LogP contribution in [-0.4, -0.2) is 12.9 Å². The summed E-state index contributed by atoms with van der Waals surface area (Å²) >= 11 is 6.77. The summed E-state index contributed by atoms with van der Waals surface area (Å²) in [5, 5.41) is 0. The lowest BCUT2D eigenvalue weighted by Crippen LogP contribution is -2.30. The van der Waals surface area contributed by atoms with E-state index < -0.39 is 0 Å². The molecule has 0 atom stereocenters. The van der Waals surface area contributed by atoms with Gasteiger partial charge in [-0.05, 0) is 18.2 Å². The fourth-order valence-electron chi connectivity index (χ4n) is 0.968. The molecule has 0 aliphatic carbocycles. The smallest absolute Gasteiger partial charge is 0.142 e. The SMILES string of the molecule is CN=C(NN)c1cc(Br)cc(Br)c1. The monoisotopic (exact) mass is 305 g/mol. The summed E-state index contributed by atoms with van der Waals surface area (Å²) in [4.78, 5) is 4.00. The number of amidine groups is 1. The predicted molar refractivity (Wildman–Crippen MR) is 61.6 cm³/mol. The third kappa shape index (κ3) is 2.79. The second kappa shape index (κ2) is 4.74. The Labute approximate surface area is 93.7 Å². The molecule has 5 heteroatoms. The van der Waals surface area contributed by atoms with Crippen LogP contribution in [0.4, 0.5) is 0 Å². The average Bonchev–Trinajstić information content (AvgIpc) is 2.04. The Kier molecular flexibility index (Phi) is 3.90. The second-order valence-electron chi connectivity index (χ2n) is 2.37. The largest absolute Gasteiger partial charge is 0.308 e. The number of hydrogen-bond donors (Lipinski definition) is 2. The van der Waals surface area contributed by atoms with Crippen LogP contribution >= 0.6 is 31.9 Å². The quantitative estimate of drug-likeness (QED) is 0.361. The highest BCUT2D eigenvalue weighted by Crippen LogP contribution is 2.19. The molecule has 0 amide bonds. The van der Waals surface area contributed by atoms with E-state index in [4.69, 9.17) is 5.84 Å². The van der Waals surface area contributed by atoms with E-state index in [1.54, 1.807) is 7.05 Å². The van der Waals surface area contributed by atoms with Crippen molar-refractivity contribution in [3.8, 4) is 0 Å². The molecule has 1 rings (SSSR count). The summed E-state index contributed by atoms with van der Waals surface area (Å²) in [6.45, 7) is 0. The van der Waals surface area contributed by atoms with Crippen LogP contribution in [0, 0.1) is 0 Å². The van der Waals surface area contributed by atoms with Gasteiger partial charge in [-0.15, -0.1) is 0 Å². The molecular weight excluding hydrogens is 298 g/mol. The van der Waals surface area contributed by atoms with Crippen molar-refractivity contribution < 1.29 is 0 Å². The van der Waals surface area contributed by atoms with Crippen molar-refractivity contribution in [2.75, 3.05) is 7.05 Å². The Morgan fingerprint density at radius 3 is 2.23 bits per heavy atom. The molecule has 0 heterocycles. The third-order valence-corrected chi connectivity index (χ3v) is 2.41. The zero-order valence-corrected chi connectivity index (χ0v) is 10.2. The van der Waals surface area contributed by atoms with Crippen molar-refractivity contribution in [2.45, 2.75) is 0 Å². The van der Waals surface area contributed by atoms with Crippen molar-refractivity contribution in [3.05, 3.63) is 32.7 Å². The van der Waals surface area contributed by atoms with Crippen molar-refractivity contribution >= 4 is 37.7 Å². The Balaban J connectivity index is 3.14. The van der Waals surface area contributed by atoms with E-state index >= 15 is 0 Å². The molecule has 0 spiro atoms. The maximum atomic E-state index is 5.30. The van der Waals surface area contributed by atoms with E-state index in [2.05, 4.69) is 42.3 Å². The van der Waals surface area contributed by atoms with Gasteiger partial charge in [-0.25, -0.2) is 5.84 Å². The molecule has 1 aromatic carbocycles. The summed E-state index contributed by atoms with van der Waals surface area (Å²) in [5.74, 6) is 5.96. The summed E-state index contributed by atoms with van der Waals surface area (Å²) in [6, 6.07) is 5.83. The third-order valence-electron chi connectivity index (χ3n) is 1.50. The molecule has 0 unspecified atom stereocenters. The minimum atomic E-state index is 0.655. The molecule has 0 radical (unpaired) electrons. The first-order valence-electron chi connectivity index (χ1n) is 3.57. The fourth-order valence-corrected chi connectivity index (χ4v) is 2.26. The fraction of sp³-hybridized carbons (Fsp3) is 0.125. The number of nitrogens with zero attached hydrogens (tertiary/aromatic N) is 1. The van der Waals surface area contributed by atoms with Crippen LogP contribution in [0.2, 0.25) is 0 Å². The molecule has 0 bridgehead atoms. The van der Waals surface area contributed by atoms with E-state index in [9.17, 15) is 0 Å². The van der Waals surface area contributed by atoms with Crippen LogP contribution in [-0.2, 0) is 0 Å². The minimum Gasteiger partial charge on any atom is -0.308 e. The van der Waals surface area contributed by atoms with Crippen molar-refractivity contribution in [1.82, 2.24) is 5.43 Å². The van der Waals surface area contributed by atoms with E-state index in [1.165, 1.54) is 0 Å². The molecule has 13 heavy (non-hydrogen) atoms. The van der Waals surface area contributed by atoms with Gasteiger partial charge in [0.05, 0.1) is 0 Å². The molecule has 3 nitrogen and oxygen atoms in total. The predicted octanol–water partition coefficient (Wildman–Crippen LogP) is 2.05. The summed E-state index contributed by atoms with van der Waals surface area (Å²) < 4.78 is 1.96. The normalized spacial score (nSPS) is 11.5. The summed E-state index contributed by atoms with van der Waals surface area (Å²) in [6.07, 6.45) is 0. The van der Waals surface area contributed by atoms with Crippen LogP contribution in [0.25, 0.3) is 0 Å². The number of benzene rings is 1. The lowest BCUT2D eigenvalue weighted by atomic mass is 10.2. The molecular formula is C8H9Br2N3. The number of hydrogen-bond acceptors (Lipinski definition) is 2. The van der Waals surface area contributed by atoms with Gasteiger partial charge in [0, 0.05) is 21.6 Å². The van der Waals surface area contributed by atoms with E-state index in [1.807, 2.05) is 18.2 Å². The van der Waals surface area contributed by atoms with Crippen molar-refractivity contribution in [1.29, 1.82) is 0 Å². The molecule has 1 aromatic rings. The van der Waals surface area contributed by atoms with Crippen molar-refractivity contribution in [3.63, 3.8) is 0 Å². The minimum absolute atomic E-state index is 0.655. The molecule has 0 saturated heterocycles. The Morgan fingerprint density at radius 1 is 1.31 bits per heavy atom. The molecule has 70 valence electrons. The maximum absolute atomic E-state index is 5.30. The highest BCUT2D eigenvalue weighted by atomic mass is 79.9. The first kappa shape index (κ1) is 10.7. The zero-order valence-electron chi connectivity index (χ0n) is 7.01. The molecule has 0 fully saturated rings. The number of aliphatic imine (C=N–C) groups is 1. The van der Waals surface area contributed by atoms with Gasteiger partial charge in [0.25, 0.3) is 0 Å². The van der Waals surface area contributed by atoms with Crippen LogP contribution in [0.3, 0.4) is 0 Å². The number of nitrogens with one attached hydrogen (secondary N) is 1. The van der Waals surface area contributed by atoms with Crippen LogP contribution in [0.5, 0.6) is 0 Å². The Morgan fingerprint density at radius 2 is 1.85 bits per heavy atom. The molecule has 3 N–H and O–H groups in total. The van der Waals surface area contributed by atoms with Gasteiger partial charge < -0.3 is 5.43 Å². The van der Waals surface area contributed by atoms with E-state index in [0.29, 0.717) is 5.84 Å². The lowest BCUT2D eigenvalue weighted by molar-refractivity contribution is 1.02. The molecule has 0 aromatic heterocycles. The standard InChI is InChI=1S/C8H9Br2N3/c1-12-8(13-11)5-2-6(9)4-7(10)3-5/h2-4H,11H2,1H3,(H,12,13). The van der Waals surface area contributed by atoms with Gasteiger partial charge in [-0.3, -0.25) is 4.99 Å². The van der Waals surface area contributed by atoms with E-state index in [0.717, 1.165) is 14.5 Å². The van der Waals surface area contributed by atoms with Gasteiger partial charge in [0.1, 0.15) is 5.84 Å². The number of nitrogens with two attached hydrogens (primary N) is 1. The lowest BCUT2D eigenvalue weighted by Gasteiger charge is -2.05. The van der Waals surface area contributed by atoms with Gasteiger partial charge in [0.2, 0.25) is 0 Å². The topological polar surface area (TPSA) is 50.4 Å². The second-order valence-corrected chi connectivity index (χ2v) is 4.21. The van der Waals surface area contributed by atoms with Crippen LogP contribution in [0.15, 0.2) is 32.1 Å². The number of hydrazine groups is 1. The van der Waals surface area contributed by atoms with Gasteiger partial charge in [-0.2, -0.15) is 0 Å². The van der Waals surface area contributed by atoms with Crippen molar-refractivity contribution in [2.24, 2.45) is 10.8 Å².